The zero-order valence-corrected chi connectivity index (χ0v) is 9.96. The molecule has 88 valence electrons. The fourth-order valence-electron chi connectivity index (χ4n) is 2.33. The zero-order chi connectivity index (χ0) is 11.3. The lowest BCUT2D eigenvalue weighted by Crippen LogP contribution is -2.42. The molecule has 3 nitrogen and oxygen atoms in total. The Morgan fingerprint density at radius 2 is 2.27 bits per heavy atom. The van der Waals surface area contributed by atoms with Crippen LogP contribution in [0.2, 0.25) is 0 Å². The first-order chi connectivity index (χ1) is 7.15. The normalized spacial score (nSPS) is 27.7. The Hall–Kier alpha value is -0.570. The first kappa shape index (κ1) is 12.5. The number of rotatable bonds is 5. The van der Waals surface area contributed by atoms with Gasteiger partial charge >= 0.3 is 0 Å². The van der Waals surface area contributed by atoms with Crippen LogP contribution in [0.15, 0.2) is 0 Å². The van der Waals surface area contributed by atoms with Crippen molar-refractivity contribution in [3.05, 3.63) is 0 Å². The van der Waals surface area contributed by atoms with Gasteiger partial charge in [-0.05, 0) is 24.7 Å². The van der Waals surface area contributed by atoms with Crippen LogP contribution in [0.25, 0.3) is 0 Å². The summed E-state index contributed by atoms with van der Waals surface area (Å²) in [5.74, 6) is 1.45. The highest BCUT2D eigenvalue weighted by Gasteiger charge is 2.24. The van der Waals surface area contributed by atoms with Gasteiger partial charge in [-0.25, -0.2) is 0 Å². The number of nitrogens with two attached hydrogens (primary N) is 1. The fourth-order valence-corrected chi connectivity index (χ4v) is 2.33. The largest absolute Gasteiger partial charge is 0.354 e. The van der Waals surface area contributed by atoms with Crippen molar-refractivity contribution in [2.24, 2.45) is 17.6 Å². The maximum atomic E-state index is 11.6. The van der Waals surface area contributed by atoms with Gasteiger partial charge in [0.25, 0.3) is 0 Å². The summed E-state index contributed by atoms with van der Waals surface area (Å²) in [6, 6.07) is -0.313. The van der Waals surface area contributed by atoms with E-state index < -0.39 is 0 Å². The Labute approximate surface area is 92.8 Å². The molecule has 1 aliphatic carbocycles. The lowest BCUT2D eigenvalue weighted by molar-refractivity contribution is -0.122. The minimum absolute atomic E-state index is 0.0240. The van der Waals surface area contributed by atoms with E-state index in [1.165, 1.54) is 19.3 Å². The van der Waals surface area contributed by atoms with E-state index >= 15 is 0 Å². The van der Waals surface area contributed by atoms with Gasteiger partial charge in [0.05, 0.1) is 6.04 Å². The Morgan fingerprint density at radius 3 is 2.80 bits per heavy atom. The number of nitrogens with one attached hydrogen (secondary N) is 1. The summed E-state index contributed by atoms with van der Waals surface area (Å²) in [7, 11) is 0. The van der Waals surface area contributed by atoms with Crippen molar-refractivity contribution in [3.63, 3.8) is 0 Å². The predicted molar refractivity (Wildman–Crippen MR) is 62.4 cm³/mol. The number of hydrogen-bond acceptors (Lipinski definition) is 2. The first-order valence-electron chi connectivity index (χ1n) is 6.18. The summed E-state index contributed by atoms with van der Waals surface area (Å²) in [6.45, 7) is 5.14. The van der Waals surface area contributed by atoms with Gasteiger partial charge in [0.1, 0.15) is 0 Å². The molecule has 0 heterocycles. The topological polar surface area (TPSA) is 55.1 Å². The van der Waals surface area contributed by atoms with Crippen LogP contribution in [0.4, 0.5) is 0 Å². The summed E-state index contributed by atoms with van der Waals surface area (Å²) >= 11 is 0. The molecule has 15 heavy (non-hydrogen) atoms. The van der Waals surface area contributed by atoms with Crippen LogP contribution in [0, 0.1) is 11.8 Å². The lowest BCUT2D eigenvalue weighted by Gasteiger charge is -2.17. The highest BCUT2D eigenvalue weighted by Crippen LogP contribution is 2.30. The molecule has 1 saturated carbocycles. The van der Waals surface area contributed by atoms with Crippen LogP contribution in [0.1, 0.15) is 46.0 Å². The average molecular weight is 212 g/mol. The van der Waals surface area contributed by atoms with Gasteiger partial charge in [-0.1, -0.05) is 33.1 Å². The monoisotopic (exact) mass is 212 g/mol. The van der Waals surface area contributed by atoms with E-state index in [1.807, 2.05) is 6.92 Å². The van der Waals surface area contributed by atoms with Crippen molar-refractivity contribution in [2.75, 3.05) is 6.54 Å². The molecule has 3 heteroatoms. The fraction of sp³-hybridized carbons (Fsp3) is 0.917. The molecule has 3 atom stereocenters. The Kier molecular flexibility index (Phi) is 5.09. The molecule has 0 aromatic carbocycles. The van der Waals surface area contributed by atoms with E-state index in [2.05, 4.69) is 12.2 Å². The van der Waals surface area contributed by atoms with E-state index in [4.69, 9.17) is 5.73 Å². The molecule has 0 saturated heterocycles. The zero-order valence-electron chi connectivity index (χ0n) is 9.96. The highest BCUT2D eigenvalue weighted by atomic mass is 16.2. The van der Waals surface area contributed by atoms with Crippen LogP contribution < -0.4 is 11.1 Å². The standard InChI is InChI=1S/C12H24N2O/c1-3-5-11(13)12(15)14-8-10-7-4-6-9(10)2/h9-11H,3-8,13H2,1-2H3,(H,14,15)/t9?,10?,11-/m0/s1. The summed E-state index contributed by atoms with van der Waals surface area (Å²) in [6.07, 6.45) is 5.62. The number of hydrogen-bond donors (Lipinski definition) is 2. The molecule has 1 rings (SSSR count). The number of carbonyl (C=O) groups is 1. The molecule has 2 unspecified atom stereocenters. The molecular weight excluding hydrogens is 188 g/mol. The Morgan fingerprint density at radius 1 is 1.53 bits per heavy atom. The van der Waals surface area contributed by atoms with Crippen LogP contribution in [0.5, 0.6) is 0 Å². The van der Waals surface area contributed by atoms with Gasteiger partial charge in [-0.2, -0.15) is 0 Å². The third kappa shape index (κ3) is 3.82. The molecule has 0 bridgehead atoms. The van der Waals surface area contributed by atoms with Crippen molar-refractivity contribution in [1.82, 2.24) is 5.32 Å². The maximum Gasteiger partial charge on any atom is 0.236 e. The minimum Gasteiger partial charge on any atom is -0.354 e. The van der Waals surface area contributed by atoms with Gasteiger partial charge in [0.2, 0.25) is 5.91 Å². The van der Waals surface area contributed by atoms with E-state index in [0.717, 1.165) is 25.3 Å². The van der Waals surface area contributed by atoms with Crippen molar-refractivity contribution >= 4 is 5.91 Å². The van der Waals surface area contributed by atoms with Crippen LogP contribution >= 0.6 is 0 Å². The molecule has 0 aromatic rings. The van der Waals surface area contributed by atoms with Gasteiger partial charge in [-0.3, -0.25) is 4.79 Å². The Bertz CT molecular complexity index is 206. The molecule has 1 amide bonds. The number of carbonyl (C=O) groups excluding carboxylic acids is 1. The van der Waals surface area contributed by atoms with E-state index in [-0.39, 0.29) is 11.9 Å². The van der Waals surface area contributed by atoms with Gasteiger partial charge in [0.15, 0.2) is 0 Å². The molecule has 0 radical (unpaired) electrons. The van der Waals surface area contributed by atoms with E-state index in [9.17, 15) is 4.79 Å². The average Bonchev–Trinajstić information content (AvgIpc) is 2.61. The summed E-state index contributed by atoms with van der Waals surface area (Å²) < 4.78 is 0. The summed E-state index contributed by atoms with van der Waals surface area (Å²) in [5.41, 5.74) is 5.74. The van der Waals surface area contributed by atoms with Gasteiger partial charge in [0, 0.05) is 6.54 Å². The molecule has 0 aliphatic heterocycles. The van der Waals surface area contributed by atoms with E-state index in [1.54, 1.807) is 0 Å². The second kappa shape index (κ2) is 6.11. The number of amides is 1. The van der Waals surface area contributed by atoms with Crippen molar-refractivity contribution in [3.8, 4) is 0 Å². The Balaban J connectivity index is 2.21. The highest BCUT2D eigenvalue weighted by molar-refractivity contribution is 5.81. The maximum absolute atomic E-state index is 11.6. The second-order valence-electron chi connectivity index (χ2n) is 4.81. The predicted octanol–water partition coefficient (Wildman–Crippen LogP) is 1.67. The van der Waals surface area contributed by atoms with Crippen LogP contribution in [0.3, 0.4) is 0 Å². The lowest BCUT2D eigenvalue weighted by atomic mass is 9.98. The summed E-state index contributed by atoms with van der Waals surface area (Å²) in [5, 5.41) is 2.98. The van der Waals surface area contributed by atoms with Crippen molar-refractivity contribution in [2.45, 2.75) is 52.0 Å². The van der Waals surface area contributed by atoms with Crippen LogP contribution in [-0.2, 0) is 4.79 Å². The quantitative estimate of drug-likeness (QED) is 0.728. The third-order valence-corrected chi connectivity index (χ3v) is 3.51. The molecule has 1 fully saturated rings. The van der Waals surface area contributed by atoms with Crippen molar-refractivity contribution in [1.29, 1.82) is 0 Å². The summed E-state index contributed by atoms with van der Waals surface area (Å²) in [4.78, 5) is 11.6. The first-order valence-corrected chi connectivity index (χ1v) is 6.18. The third-order valence-electron chi connectivity index (χ3n) is 3.51. The minimum atomic E-state index is -0.313. The van der Waals surface area contributed by atoms with E-state index in [0.29, 0.717) is 5.92 Å². The molecule has 3 N–H and O–H groups in total. The molecule has 0 aromatic heterocycles. The molecule has 1 aliphatic rings. The van der Waals surface area contributed by atoms with Crippen LogP contribution in [-0.4, -0.2) is 18.5 Å². The molecule has 0 spiro atoms. The van der Waals surface area contributed by atoms with Crippen molar-refractivity contribution < 1.29 is 4.79 Å². The SMILES string of the molecule is CCC[C@H](N)C(=O)NCC1CCCC1C. The van der Waals surface area contributed by atoms with Gasteiger partial charge in [-0.15, -0.1) is 0 Å². The smallest absolute Gasteiger partial charge is 0.236 e. The van der Waals surface area contributed by atoms with Gasteiger partial charge < -0.3 is 11.1 Å². The second-order valence-corrected chi connectivity index (χ2v) is 4.81. The molecular formula is C12H24N2O.